The van der Waals surface area contributed by atoms with Gasteiger partial charge in [0.1, 0.15) is 12.1 Å². The third-order valence-electron chi connectivity index (χ3n) is 20.2. The van der Waals surface area contributed by atoms with Gasteiger partial charge in [0, 0.05) is 30.6 Å². The molecule has 0 aromatic heterocycles. The second-order valence-corrected chi connectivity index (χ2v) is 25.3. The second-order valence-electron chi connectivity index (χ2n) is 22.9. The second kappa shape index (κ2) is 13.3. The molecule has 0 radical (unpaired) electrons. The van der Waals surface area contributed by atoms with Crippen molar-refractivity contribution in [2.24, 2.45) is 73.9 Å². The molecule has 11 heteroatoms. The van der Waals surface area contributed by atoms with Crippen molar-refractivity contribution >= 4 is 28.5 Å². The Morgan fingerprint density at radius 1 is 0.732 bits per heavy atom. The summed E-state index contributed by atoms with van der Waals surface area (Å²) >= 11 is 0. The molecule has 7 aliphatic carbocycles. The van der Waals surface area contributed by atoms with Crippen LogP contribution in [-0.2, 0) is 19.1 Å². The highest BCUT2D eigenvalue weighted by Crippen LogP contribution is 2.78. The summed E-state index contributed by atoms with van der Waals surface area (Å²) in [5, 5.41) is 24.2. The Kier molecular flexibility index (Phi) is 9.82. The average Bonchev–Trinajstić information content (AvgIpc) is 3.72. The summed E-state index contributed by atoms with van der Waals surface area (Å²) in [6, 6.07) is -0.674. The molecule has 0 aromatic carbocycles. The number of ether oxygens (including phenoxy) is 1. The number of carbonyl (C=O) groups is 3. The molecule has 8 fully saturated rings. The van der Waals surface area contributed by atoms with E-state index < -0.39 is 39.9 Å². The van der Waals surface area contributed by atoms with Crippen molar-refractivity contribution in [1.29, 1.82) is 0 Å². The lowest BCUT2D eigenvalue weighted by Crippen LogP contribution is -2.69. The number of hydrogen-bond donors (Lipinski definition) is 5. The van der Waals surface area contributed by atoms with Crippen LogP contribution < -0.4 is 5.32 Å². The van der Waals surface area contributed by atoms with Crippen molar-refractivity contribution in [1.82, 2.24) is 10.2 Å². The van der Waals surface area contributed by atoms with Crippen molar-refractivity contribution in [3.63, 3.8) is 0 Å². The molecule has 0 amide bonds. The van der Waals surface area contributed by atoms with Gasteiger partial charge in [0.25, 0.3) is 0 Å². The summed E-state index contributed by atoms with van der Waals surface area (Å²) in [4.78, 5) is 40.2. The predicted molar refractivity (Wildman–Crippen MR) is 218 cm³/mol. The highest BCUT2D eigenvalue weighted by atomic mass is 32.3. The van der Waals surface area contributed by atoms with Gasteiger partial charge in [0.05, 0.1) is 23.3 Å². The van der Waals surface area contributed by atoms with Crippen molar-refractivity contribution in [2.75, 3.05) is 31.1 Å². The van der Waals surface area contributed by atoms with Gasteiger partial charge < -0.3 is 20.3 Å². The molecule has 0 bridgehead atoms. The molecule has 0 aromatic rings. The van der Waals surface area contributed by atoms with Crippen molar-refractivity contribution in [3.8, 4) is 0 Å². The summed E-state index contributed by atoms with van der Waals surface area (Å²) < 4.78 is 26.9. The molecular formula is C45H74N2O8S. The first-order chi connectivity index (χ1) is 26.0. The summed E-state index contributed by atoms with van der Waals surface area (Å²) in [5.74, 6) is 0.526. The van der Waals surface area contributed by atoms with Crippen LogP contribution in [0.2, 0.25) is 0 Å². The SMILES string of the molecule is CC1([C@@H]2CC[C@]3(NC[C@H](C(=O)O)N4CCS(O)(O)CC4)CC[C@]4(C)[C@H](CC[C@@H]5[C@@]6(C)CC[C@H](OC(=O)[C@H]7C[C@@H](C(=O)O)C7(C)C)C(C)(C)[C@@H]6CC[C@]54C)[C@@H]23)CC1. The van der Waals surface area contributed by atoms with Crippen LogP contribution in [0.5, 0.6) is 0 Å². The molecule has 0 unspecified atom stereocenters. The zero-order chi connectivity index (χ0) is 40.6. The lowest BCUT2D eigenvalue weighted by Gasteiger charge is -2.73. The fraction of sp³-hybridized carbons (Fsp3) is 0.933. The molecule has 10 nitrogen and oxygen atoms in total. The Morgan fingerprint density at radius 3 is 2.02 bits per heavy atom. The van der Waals surface area contributed by atoms with E-state index in [0.29, 0.717) is 61.1 Å². The molecule has 5 N–H and O–H groups in total. The maximum atomic E-state index is 13.7. The maximum Gasteiger partial charge on any atom is 0.322 e. The first-order valence-corrected chi connectivity index (χ1v) is 24.2. The van der Waals surface area contributed by atoms with E-state index in [-0.39, 0.29) is 56.7 Å². The number of rotatable bonds is 9. The van der Waals surface area contributed by atoms with Gasteiger partial charge >= 0.3 is 17.9 Å². The molecule has 1 aliphatic heterocycles. The quantitative estimate of drug-likeness (QED) is 0.144. The molecule has 0 spiro atoms. The zero-order valence-corrected chi connectivity index (χ0v) is 36.5. The molecule has 1 saturated heterocycles. The number of nitrogens with one attached hydrogen (secondary N) is 1. The van der Waals surface area contributed by atoms with E-state index in [1.54, 1.807) is 0 Å². The molecule has 1 heterocycles. The van der Waals surface area contributed by atoms with Crippen LogP contribution in [-0.4, -0.2) is 91.0 Å². The minimum absolute atomic E-state index is 0.0688. The first kappa shape index (κ1) is 41.3. The molecule has 13 atom stereocenters. The summed E-state index contributed by atoms with van der Waals surface area (Å²) in [5.41, 5.74) is 0.00729. The molecular weight excluding hydrogens is 729 g/mol. The van der Waals surface area contributed by atoms with E-state index in [1.807, 2.05) is 18.7 Å². The van der Waals surface area contributed by atoms with Crippen molar-refractivity contribution in [2.45, 2.75) is 157 Å². The van der Waals surface area contributed by atoms with Gasteiger partial charge in [-0.3, -0.25) is 28.4 Å². The third kappa shape index (κ3) is 6.01. The lowest BCUT2D eigenvalue weighted by molar-refractivity contribution is -0.250. The minimum atomic E-state index is -2.61. The Balaban J connectivity index is 1.02. The minimum Gasteiger partial charge on any atom is -0.481 e. The molecule has 318 valence electrons. The van der Waals surface area contributed by atoms with Gasteiger partial charge in [-0.1, -0.05) is 55.4 Å². The largest absolute Gasteiger partial charge is 0.481 e. The summed E-state index contributed by atoms with van der Waals surface area (Å²) in [7, 11) is -2.61. The number of hydrogen-bond acceptors (Lipinski definition) is 8. The molecule has 7 saturated carbocycles. The third-order valence-corrected chi connectivity index (χ3v) is 21.9. The summed E-state index contributed by atoms with van der Waals surface area (Å²) in [6.07, 6.45) is 14.0. The van der Waals surface area contributed by atoms with Gasteiger partial charge in [0.15, 0.2) is 0 Å². The van der Waals surface area contributed by atoms with E-state index in [2.05, 4.69) is 46.9 Å². The fourth-order valence-corrected chi connectivity index (χ4v) is 17.4. The van der Waals surface area contributed by atoms with Crippen LogP contribution in [0.25, 0.3) is 0 Å². The predicted octanol–water partition coefficient (Wildman–Crippen LogP) is 8.39. The monoisotopic (exact) mass is 803 g/mol. The van der Waals surface area contributed by atoms with Crippen LogP contribution in [0.4, 0.5) is 0 Å². The summed E-state index contributed by atoms with van der Waals surface area (Å²) in [6.45, 7) is 20.1. The fourth-order valence-electron chi connectivity index (χ4n) is 16.1. The molecule has 56 heavy (non-hydrogen) atoms. The standard InChI is InChI=1S/C45H74N2O8S/c1-39(2)29(36(48)49)25-30(39)38(52)55-34-13-14-42(6)32(40(34,3)4)12-15-44(8)33(42)10-9-28-35-27(41(5)17-18-41)11-16-45(35,20-19-43(28,44)7)46-26-31(37(50)51)47-21-23-56(53,54)24-22-47/h27-35,46,53-54H,9-26H2,1-8H3,(H,48,49)(H,50,51)/t27-,28-,29+,30-,31-,32+,33-,34+,35-,42+,43-,44-,45+/m1/s1. The smallest absolute Gasteiger partial charge is 0.322 e. The van der Waals surface area contributed by atoms with Gasteiger partial charge in [-0.05, 0) is 140 Å². The van der Waals surface area contributed by atoms with Gasteiger partial charge in [0.2, 0.25) is 0 Å². The van der Waals surface area contributed by atoms with Crippen LogP contribution in [0, 0.1) is 73.9 Å². The Hall–Kier alpha value is -1.40. The van der Waals surface area contributed by atoms with E-state index >= 15 is 0 Å². The van der Waals surface area contributed by atoms with E-state index in [1.165, 1.54) is 38.5 Å². The highest BCUT2D eigenvalue weighted by molar-refractivity contribution is 8.24. The number of carboxylic acid groups (broad SMARTS) is 2. The maximum absolute atomic E-state index is 13.7. The first-order valence-electron chi connectivity index (χ1n) is 22.3. The highest BCUT2D eigenvalue weighted by Gasteiger charge is 2.72. The lowest BCUT2D eigenvalue weighted by atomic mass is 9.32. The Bertz CT molecular complexity index is 1600. The Morgan fingerprint density at radius 2 is 1.41 bits per heavy atom. The van der Waals surface area contributed by atoms with Crippen LogP contribution >= 0.6 is 10.6 Å². The van der Waals surface area contributed by atoms with Crippen LogP contribution in [0.3, 0.4) is 0 Å². The van der Waals surface area contributed by atoms with Crippen molar-refractivity contribution < 1.29 is 38.4 Å². The zero-order valence-electron chi connectivity index (χ0n) is 35.7. The van der Waals surface area contributed by atoms with Crippen molar-refractivity contribution in [3.05, 3.63) is 0 Å². The van der Waals surface area contributed by atoms with Crippen LogP contribution in [0.15, 0.2) is 0 Å². The van der Waals surface area contributed by atoms with Crippen LogP contribution in [0.1, 0.15) is 139 Å². The topological polar surface area (TPSA) is 157 Å². The Labute approximate surface area is 337 Å². The van der Waals surface area contributed by atoms with E-state index in [4.69, 9.17) is 4.74 Å². The normalized spacial score (nSPS) is 48.0. The van der Waals surface area contributed by atoms with Gasteiger partial charge in [-0.2, -0.15) is 10.6 Å². The number of aliphatic carboxylic acids is 2. The number of nitrogens with zero attached hydrogens (tertiary/aromatic N) is 1. The van der Waals surface area contributed by atoms with E-state index in [9.17, 15) is 33.7 Å². The molecule has 8 rings (SSSR count). The number of carbonyl (C=O) groups excluding carboxylic acids is 1. The number of fused-ring (bicyclic) bond motifs is 7. The molecule has 8 aliphatic rings. The number of carboxylic acids is 2. The average molecular weight is 803 g/mol. The van der Waals surface area contributed by atoms with Gasteiger partial charge in [-0.15, -0.1) is 0 Å². The van der Waals surface area contributed by atoms with E-state index in [0.717, 1.165) is 38.5 Å². The number of esters is 1. The van der Waals surface area contributed by atoms with Gasteiger partial charge in [-0.25, -0.2) is 0 Å².